The van der Waals surface area contributed by atoms with Crippen LogP contribution in [0.2, 0.25) is 5.15 Å². The Hall–Kier alpha value is -1.36. The van der Waals surface area contributed by atoms with E-state index in [1.165, 1.54) is 25.0 Å². The predicted octanol–water partition coefficient (Wildman–Crippen LogP) is 2.88. The lowest BCUT2D eigenvalue weighted by molar-refractivity contribution is -0.384. The second-order valence-electron chi connectivity index (χ2n) is 4.22. The van der Waals surface area contributed by atoms with E-state index in [0.29, 0.717) is 23.4 Å². The molecule has 0 bridgehead atoms. The molecule has 0 radical (unpaired) electrons. The fraction of sp³-hybridized carbons (Fsp3) is 0.545. The third-order valence-corrected chi connectivity index (χ3v) is 3.08. The van der Waals surface area contributed by atoms with Crippen LogP contribution in [-0.2, 0) is 0 Å². The number of pyridine rings is 1. The number of hydrogen-bond acceptors (Lipinski definition) is 4. The summed E-state index contributed by atoms with van der Waals surface area (Å²) in [5, 5.41) is 11.2. The molecule has 0 saturated heterocycles. The number of nitrogens with zero attached hydrogens (tertiary/aromatic N) is 3. The highest BCUT2D eigenvalue weighted by molar-refractivity contribution is 6.29. The molecule has 0 atom stereocenters. The van der Waals surface area contributed by atoms with Crippen molar-refractivity contribution in [1.29, 1.82) is 0 Å². The Bertz CT molecular complexity index is 435. The van der Waals surface area contributed by atoms with Crippen molar-refractivity contribution in [2.75, 3.05) is 18.0 Å². The van der Waals surface area contributed by atoms with E-state index >= 15 is 0 Å². The van der Waals surface area contributed by atoms with Crippen molar-refractivity contribution in [3.8, 4) is 0 Å². The van der Waals surface area contributed by atoms with Crippen LogP contribution in [0.15, 0.2) is 12.1 Å². The van der Waals surface area contributed by atoms with Crippen LogP contribution < -0.4 is 4.90 Å². The Balaban J connectivity index is 2.31. The first-order chi connectivity index (χ1) is 8.11. The number of nitro groups is 1. The van der Waals surface area contributed by atoms with Crippen LogP contribution in [0.1, 0.15) is 19.8 Å². The molecule has 1 saturated carbocycles. The van der Waals surface area contributed by atoms with Gasteiger partial charge < -0.3 is 4.90 Å². The van der Waals surface area contributed by atoms with Crippen LogP contribution in [0.5, 0.6) is 0 Å². The minimum Gasteiger partial charge on any atom is -0.351 e. The number of rotatable bonds is 5. The molecule has 1 heterocycles. The lowest BCUT2D eigenvalue weighted by atomic mass is 10.3. The van der Waals surface area contributed by atoms with Gasteiger partial charge in [-0.15, -0.1) is 0 Å². The van der Waals surface area contributed by atoms with Gasteiger partial charge in [-0.1, -0.05) is 11.6 Å². The first-order valence-electron chi connectivity index (χ1n) is 5.67. The maximum Gasteiger partial charge on any atom is 0.311 e. The van der Waals surface area contributed by atoms with E-state index in [9.17, 15) is 10.1 Å². The zero-order chi connectivity index (χ0) is 12.4. The molecule has 92 valence electrons. The summed E-state index contributed by atoms with van der Waals surface area (Å²) in [4.78, 5) is 16.6. The van der Waals surface area contributed by atoms with Gasteiger partial charge in [0.05, 0.1) is 4.92 Å². The molecule has 2 rings (SSSR count). The van der Waals surface area contributed by atoms with Crippen LogP contribution >= 0.6 is 11.6 Å². The summed E-state index contributed by atoms with van der Waals surface area (Å²) in [5.74, 6) is 1.03. The molecular formula is C11H14ClN3O2. The summed E-state index contributed by atoms with van der Waals surface area (Å²) in [7, 11) is 0. The maximum atomic E-state index is 11.0. The molecule has 1 aromatic rings. The van der Waals surface area contributed by atoms with Crippen LogP contribution in [0.3, 0.4) is 0 Å². The van der Waals surface area contributed by atoms with E-state index in [0.717, 1.165) is 6.54 Å². The van der Waals surface area contributed by atoms with Crippen LogP contribution in [-0.4, -0.2) is 23.0 Å². The molecule has 0 aliphatic heterocycles. The molecule has 0 unspecified atom stereocenters. The Morgan fingerprint density at radius 3 is 2.82 bits per heavy atom. The monoisotopic (exact) mass is 255 g/mol. The minimum atomic E-state index is -0.409. The van der Waals surface area contributed by atoms with Gasteiger partial charge in [-0.3, -0.25) is 10.1 Å². The van der Waals surface area contributed by atoms with Crippen LogP contribution in [0, 0.1) is 16.0 Å². The summed E-state index contributed by atoms with van der Waals surface area (Å²) in [6, 6.07) is 2.87. The van der Waals surface area contributed by atoms with Crippen molar-refractivity contribution < 1.29 is 4.92 Å². The summed E-state index contributed by atoms with van der Waals surface area (Å²) in [5.41, 5.74) is 0.0249. The fourth-order valence-corrected chi connectivity index (χ4v) is 1.91. The molecule has 0 N–H and O–H groups in total. The van der Waals surface area contributed by atoms with Gasteiger partial charge in [-0.25, -0.2) is 4.98 Å². The molecule has 1 aliphatic rings. The third kappa shape index (κ3) is 2.85. The number of anilines is 1. The second kappa shape index (κ2) is 4.87. The first-order valence-corrected chi connectivity index (χ1v) is 6.05. The van der Waals surface area contributed by atoms with Crippen LogP contribution in [0.4, 0.5) is 11.5 Å². The number of hydrogen-bond donors (Lipinski definition) is 0. The molecular weight excluding hydrogens is 242 g/mol. The Morgan fingerprint density at radius 1 is 1.59 bits per heavy atom. The Labute approximate surface area is 105 Å². The molecule has 1 aromatic heterocycles. The average Bonchev–Trinajstić information content (AvgIpc) is 3.09. The summed E-state index contributed by atoms with van der Waals surface area (Å²) < 4.78 is 0. The van der Waals surface area contributed by atoms with Gasteiger partial charge in [0.2, 0.25) is 5.82 Å². The smallest absolute Gasteiger partial charge is 0.311 e. The van der Waals surface area contributed by atoms with Crippen molar-refractivity contribution in [3.05, 3.63) is 27.4 Å². The predicted molar refractivity (Wildman–Crippen MR) is 66.5 cm³/mol. The zero-order valence-corrected chi connectivity index (χ0v) is 10.4. The molecule has 0 amide bonds. The average molecular weight is 256 g/mol. The Kier molecular flexibility index (Phi) is 3.47. The molecule has 1 aliphatic carbocycles. The number of aromatic nitrogens is 1. The van der Waals surface area contributed by atoms with Gasteiger partial charge in [-0.2, -0.15) is 0 Å². The minimum absolute atomic E-state index is 0.0249. The maximum absolute atomic E-state index is 11.0. The Morgan fingerprint density at radius 2 is 2.29 bits per heavy atom. The zero-order valence-electron chi connectivity index (χ0n) is 9.60. The molecule has 1 fully saturated rings. The van der Waals surface area contributed by atoms with Crippen molar-refractivity contribution >= 4 is 23.1 Å². The van der Waals surface area contributed by atoms with E-state index in [2.05, 4.69) is 4.98 Å². The van der Waals surface area contributed by atoms with Gasteiger partial charge in [0.15, 0.2) is 0 Å². The summed E-state index contributed by atoms with van der Waals surface area (Å²) in [6.07, 6.45) is 2.40. The van der Waals surface area contributed by atoms with Crippen molar-refractivity contribution in [1.82, 2.24) is 4.98 Å². The normalized spacial score (nSPS) is 14.7. The van der Waals surface area contributed by atoms with Crippen molar-refractivity contribution in [2.24, 2.45) is 5.92 Å². The highest BCUT2D eigenvalue weighted by Gasteiger charge is 2.28. The van der Waals surface area contributed by atoms with Gasteiger partial charge in [0, 0.05) is 19.2 Å². The molecule has 17 heavy (non-hydrogen) atoms. The van der Waals surface area contributed by atoms with Gasteiger partial charge in [-0.05, 0) is 31.7 Å². The molecule has 6 heteroatoms. The van der Waals surface area contributed by atoms with Gasteiger partial charge >= 0.3 is 5.69 Å². The second-order valence-corrected chi connectivity index (χ2v) is 4.60. The quantitative estimate of drug-likeness (QED) is 0.461. The first kappa shape index (κ1) is 12.1. The number of halogens is 1. The van der Waals surface area contributed by atoms with E-state index in [-0.39, 0.29) is 5.69 Å². The standard InChI is InChI=1S/C11H14ClN3O2/c1-2-14(7-8-3-4-8)11-9(15(16)17)5-6-10(12)13-11/h5-6,8H,2-4,7H2,1H3. The van der Waals surface area contributed by atoms with Crippen molar-refractivity contribution in [3.63, 3.8) is 0 Å². The highest BCUT2D eigenvalue weighted by Crippen LogP contribution is 2.34. The van der Waals surface area contributed by atoms with Gasteiger partial charge in [0.25, 0.3) is 0 Å². The summed E-state index contributed by atoms with van der Waals surface area (Å²) in [6.45, 7) is 3.49. The third-order valence-electron chi connectivity index (χ3n) is 2.87. The van der Waals surface area contributed by atoms with E-state index < -0.39 is 4.92 Å². The fourth-order valence-electron chi connectivity index (χ4n) is 1.77. The highest BCUT2D eigenvalue weighted by atomic mass is 35.5. The topological polar surface area (TPSA) is 59.3 Å². The lowest BCUT2D eigenvalue weighted by Crippen LogP contribution is -2.27. The van der Waals surface area contributed by atoms with E-state index in [1.54, 1.807) is 0 Å². The van der Waals surface area contributed by atoms with E-state index in [1.807, 2.05) is 11.8 Å². The molecule has 0 aromatic carbocycles. The summed E-state index contributed by atoms with van der Waals surface area (Å²) >= 11 is 5.81. The van der Waals surface area contributed by atoms with Gasteiger partial charge in [0.1, 0.15) is 5.15 Å². The SMILES string of the molecule is CCN(CC1CC1)c1nc(Cl)ccc1[N+](=O)[O-]. The molecule has 0 spiro atoms. The van der Waals surface area contributed by atoms with E-state index in [4.69, 9.17) is 11.6 Å². The molecule has 5 nitrogen and oxygen atoms in total. The van der Waals surface area contributed by atoms with Crippen molar-refractivity contribution in [2.45, 2.75) is 19.8 Å². The largest absolute Gasteiger partial charge is 0.351 e. The lowest BCUT2D eigenvalue weighted by Gasteiger charge is -2.21. The van der Waals surface area contributed by atoms with Crippen LogP contribution in [0.25, 0.3) is 0 Å².